The fourth-order valence-electron chi connectivity index (χ4n) is 3.83. The van der Waals surface area contributed by atoms with Crippen LogP contribution < -0.4 is 10.1 Å². The standard InChI is InChI=1S/C21H19ClF3N3O5S/c1-2-18(29)27-19-7-12-10-28(11-17(12)33-19)34(30,31)15-5-3-14(4-6-15)32-20-16(22)8-13(9-26-20)21(23,24)25/h2-6,8-9,12,17,19H,1,7,10-11H2,(H,27,29). The Labute approximate surface area is 198 Å². The molecule has 1 aromatic heterocycles. The number of pyridine rings is 1. The molecule has 0 radical (unpaired) electrons. The van der Waals surface area contributed by atoms with Gasteiger partial charge in [-0.2, -0.15) is 17.5 Å². The Morgan fingerprint density at radius 2 is 2.00 bits per heavy atom. The molecule has 2 aromatic rings. The van der Waals surface area contributed by atoms with E-state index >= 15 is 0 Å². The number of halogens is 4. The first-order valence-electron chi connectivity index (χ1n) is 10.1. The van der Waals surface area contributed by atoms with E-state index in [-0.39, 0.29) is 52.6 Å². The van der Waals surface area contributed by atoms with Crippen molar-refractivity contribution in [3.63, 3.8) is 0 Å². The zero-order chi connectivity index (χ0) is 24.7. The maximum atomic E-state index is 13.0. The van der Waals surface area contributed by atoms with Gasteiger partial charge in [-0.25, -0.2) is 13.4 Å². The Morgan fingerprint density at radius 1 is 1.29 bits per heavy atom. The molecule has 0 bridgehead atoms. The van der Waals surface area contributed by atoms with Crippen LogP contribution in [0.5, 0.6) is 11.6 Å². The molecule has 1 N–H and O–H groups in total. The number of fused-ring (bicyclic) bond motifs is 1. The smallest absolute Gasteiger partial charge is 0.417 e. The average molecular weight is 518 g/mol. The molecule has 2 fully saturated rings. The van der Waals surface area contributed by atoms with Gasteiger partial charge >= 0.3 is 6.18 Å². The van der Waals surface area contributed by atoms with Gasteiger partial charge in [0.2, 0.25) is 21.8 Å². The molecule has 3 unspecified atom stereocenters. The molecule has 2 aliphatic heterocycles. The summed E-state index contributed by atoms with van der Waals surface area (Å²) in [6.45, 7) is 3.78. The lowest BCUT2D eigenvalue weighted by atomic mass is 10.1. The second-order valence-corrected chi connectivity index (χ2v) is 10.1. The second-order valence-electron chi connectivity index (χ2n) is 7.78. The molecule has 1 aromatic carbocycles. The average Bonchev–Trinajstić information content (AvgIpc) is 3.34. The molecule has 182 valence electrons. The largest absolute Gasteiger partial charge is 0.438 e. The van der Waals surface area contributed by atoms with Crippen molar-refractivity contribution >= 4 is 27.5 Å². The number of hydrogen-bond donors (Lipinski definition) is 1. The number of nitrogens with zero attached hydrogens (tertiary/aromatic N) is 2. The number of rotatable bonds is 6. The summed E-state index contributed by atoms with van der Waals surface area (Å²) in [7, 11) is -3.82. The van der Waals surface area contributed by atoms with E-state index in [0.29, 0.717) is 18.7 Å². The number of hydrogen-bond acceptors (Lipinski definition) is 6. The molecule has 13 heteroatoms. The summed E-state index contributed by atoms with van der Waals surface area (Å²) in [4.78, 5) is 15.0. The van der Waals surface area contributed by atoms with Gasteiger partial charge < -0.3 is 14.8 Å². The van der Waals surface area contributed by atoms with E-state index in [1.807, 2.05) is 0 Å². The molecule has 34 heavy (non-hydrogen) atoms. The third kappa shape index (κ3) is 5.04. The molecule has 2 saturated heterocycles. The van der Waals surface area contributed by atoms with Crippen molar-refractivity contribution in [1.82, 2.24) is 14.6 Å². The van der Waals surface area contributed by atoms with E-state index in [4.69, 9.17) is 21.1 Å². The highest BCUT2D eigenvalue weighted by Gasteiger charge is 2.46. The van der Waals surface area contributed by atoms with Crippen LogP contribution in [0.15, 0.2) is 54.1 Å². The molecular formula is C21H19ClF3N3O5S. The summed E-state index contributed by atoms with van der Waals surface area (Å²) in [6.07, 6.45) is -3.18. The third-order valence-electron chi connectivity index (χ3n) is 5.50. The van der Waals surface area contributed by atoms with Gasteiger partial charge in [0, 0.05) is 25.2 Å². The fourth-order valence-corrected chi connectivity index (χ4v) is 5.54. The minimum Gasteiger partial charge on any atom is -0.438 e. The number of amides is 1. The highest BCUT2D eigenvalue weighted by atomic mass is 35.5. The minimum absolute atomic E-state index is 0.0165. The highest BCUT2D eigenvalue weighted by Crippen LogP contribution is 2.36. The van der Waals surface area contributed by atoms with Crippen molar-refractivity contribution in [2.24, 2.45) is 5.92 Å². The van der Waals surface area contributed by atoms with Crippen LogP contribution in [-0.2, 0) is 25.7 Å². The van der Waals surface area contributed by atoms with Crippen molar-refractivity contribution in [3.05, 3.63) is 59.8 Å². The maximum Gasteiger partial charge on any atom is 0.417 e. The number of sulfonamides is 1. The maximum absolute atomic E-state index is 13.0. The summed E-state index contributed by atoms with van der Waals surface area (Å²) in [5.74, 6) is -0.506. The molecule has 8 nitrogen and oxygen atoms in total. The summed E-state index contributed by atoms with van der Waals surface area (Å²) < 4.78 is 76.8. The molecule has 0 saturated carbocycles. The van der Waals surface area contributed by atoms with Crippen LogP contribution >= 0.6 is 11.6 Å². The van der Waals surface area contributed by atoms with Crippen molar-refractivity contribution in [1.29, 1.82) is 0 Å². The van der Waals surface area contributed by atoms with Gasteiger partial charge in [0.25, 0.3) is 0 Å². The Kier molecular flexibility index (Phi) is 6.60. The molecule has 0 spiro atoms. The molecule has 4 rings (SSSR count). The van der Waals surface area contributed by atoms with Gasteiger partial charge in [0.05, 0.1) is 16.6 Å². The van der Waals surface area contributed by atoms with Gasteiger partial charge in [-0.15, -0.1) is 0 Å². The number of carbonyl (C=O) groups is 1. The SMILES string of the molecule is C=CC(=O)NC1CC2CN(S(=O)(=O)c3ccc(Oc4ncc(C(F)(F)F)cc4Cl)cc3)CC2O1. The van der Waals surface area contributed by atoms with Crippen LogP contribution in [0.4, 0.5) is 13.2 Å². The number of aromatic nitrogens is 1. The number of alkyl halides is 3. The lowest BCUT2D eigenvalue weighted by Crippen LogP contribution is -2.37. The minimum atomic E-state index is -4.59. The Balaban J connectivity index is 1.40. The van der Waals surface area contributed by atoms with Crippen LogP contribution in [0.3, 0.4) is 0 Å². The van der Waals surface area contributed by atoms with E-state index in [2.05, 4.69) is 16.9 Å². The Bertz CT molecular complexity index is 1190. The fraction of sp³-hybridized carbons (Fsp3) is 0.333. The molecule has 3 heterocycles. The molecule has 1 amide bonds. The lowest BCUT2D eigenvalue weighted by molar-refractivity contribution is -0.137. The zero-order valence-electron chi connectivity index (χ0n) is 17.5. The highest BCUT2D eigenvalue weighted by molar-refractivity contribution is 7.89. The van der Waals surface area contributed by atoms with Crippen LogP contribution in [0.1, 0.15) is 12.0 Å². The third-order valence-corrected chi connectivity index (χ3v) is 7.62. The predicted molar refractivity (Wildman–Crippen MR) is 115 cm³/mol. The number of nitrogens with one attached hydrogen (secondary N) is 1. The van der Waals surface area contributed by atoms with E-state index in [1.54, 1.807) is 0 Å². The summed E-state index contributed by atoms with van der Waals surface area (Å²) in [5.41, 5.74) is -1.01. The van der Waals surface area contributed by atoms with Gasteiger partial charge in [0.1, 0.15) is 17.0 Å². The molecular weight excluding hydrogens is 499 g/mol. The number of benzene rings is 1. The normalized spacial score (nSPS) is 22.9. The van der Waals surface area contributed by atoms with Gasteiger partial charge in [-0.3, -0.25) is 4.79 Å². The summed E-state index contributed by atoms with van der Waals surface area (Å²) in [6, 6.07) is 6.06. The quantitative estimate of drug-likeness (QED) is 0.588. The number of carbonyl (C=O) groups excluding carboxylic acids is 1. The second kappa shape index (κ2) is 9.17. The van der Waals surface area contributed by atoms with Crippen molar-refractivity contribution < 1.29 is 35.9 Å². The predicted octanol–water partition coefficient (Wildman–Crippen LogP) is 3.58. The van der Waals surface area contributed by atoms with E-state index in [1.165, 1.54) is 28.6 Å². The molecule has 3 atom stereocenters. The monoisotopic (exact) mass is 517 g/mol. The first-order valence-corrected chi connectivity index (χ1v) is 11.9. The van der Waals surface area contributed by atoms with Crippen LogP contribution in [0.2, 0.25) is 5.02 Å². The van der Waals surface area contributed by atoms with Crippen molar-refractivity contribution in [3.8, 4) is 11.6 Å². The van der Waals surface area contributed by atoms with Crippen LogP contribution in [0.25, 0.3) is 0 Å². The van der Waals surface area contributed by atoms with Crippen molar-refractivity contribution in [2.45, 2.75) is 29.8 Å². The van der Waals surface area contributed by atoms with E-state index < -0.39 is 28.0 Å². The Morgan fingerprint density at radius 3 is 2.59 bits per heavy atom. The number of ether oxygens (including phenoxy) is 2. The van der Waals surface area contributed by atoms with Gasteiger partial charge in [0.15, 0.2) is 0 Å². The van der Waals surface area contributed by atoms with Crippen LogP contribution in [-0.4, -0.2) is 49.0 Å². The summed E-state index contributed by atoms with van der Waals surface area (Å²) >= 11 is 5.84. The molecule has 0 aliphatic carbocycles. The zero-order valence-corrected chi connectivity index (χ0v) is 19.0. The van der Waals surface area contributed by atoms with Gasteiger partial charge in [-0.05, 0) is 42.8 Å². The lowest BCUT2D eigenvalue weighted by Gasteiger charge is -2.19. The van der Waals surface area contributed by atoms with Gasteiger partial charge in [-0.1, -0.05) is 18.2 Å². The first-order chi connectivity index (χ1) is 16.0. The first kappa shape index (κ1) is 24.5. The van der Waals surface area contributed by atoms with E-state index in [0.717, 1.165) is 6.08 Å². The van der Waals surface area contributed by atoms with E-state index in [9.17, 15) is 26.4 Å². The molecule has 2 aliphatic rings. The van der Waals surface area contributed by atoms with Crippen LogP contribution in [0, 0.1) is 5.92 Å². The summed E-state index contributed by atoms with van der Waals surface area (Å²) in [5, 5.41) is 2.32. The topological polar surface area (TPSA) is 97.8 Å². The van der Waals surface area contributed by atoms with Crippen molar-refractivity contribution in [2.75, 3.05) is 13.1 Å². The Hall–Kier alpha value is -2.67.